The van der Waals surface area contributed by atoms with Gasteiger partial charge in [0.05, 0.1) is 11.4 Å². The first-order valence-electron chi connectivity index (χ1n) is 4.22. The maximum atomic E-state index is 8.84. The fourth-order valence-corrected chi connectivity index (χ4v) is 1.42. The molecule has 1 aliphatic carbocycles. The molecule has 1 heterocycles. The van der Waals surface area contributed by atoms with E-state index in [0.717, 1.165) is 17.8 Å². The van der Waals surface area contributed by atoms with Crippen LogP contribution in [0.2, 0.25) is 0 Å². The van der Waals surface area contributed by atoms with Crippen LogP contribution < -0.4 is 0 Å². The molecule has 1 aromatic heterocycles. The Morgan fingerprint density at radius 3 is 2.83 bits per heavy atom. The topological polar surface area (TPSA) is 46.0 Å². The summed E-state index contributed by atoms with van der Waals surface area (Å²) >= 11 is 0. The number of hydrogen-bond donors (Lipinski definition) is 1. The highest BCUT2D eigenvalue weighted by molar-refractivity contribution is 5.17. The summed E-state index contributed by atoms with van der Waals surface area (Å²) in [5.41, 5.74) is 1.97. The minimum Gasteiger partial charge on any atom is -0.396 e. The summed E-state index contributed by atoms with van der Waals surface area (Å²) in [4.78, 5) is 0. The Hall–Kier alpha value is -0.960. The van der Waals surface area contributed by atoms with Crippen molar-refractivity contribution in [2.24, 2.45) is 5.92 Å². The summed E-state index contributed by atoms with van der Waals surface area (Å²) in [6.45, 7) is 2.20. The van der Waals surface area contributed by atoms with Crippen molar-refractivity contribution in [3.8, 4) is 0 Å². The van der Waals surface area contributed by atoms with Gasteiger partial charge in [-0.05, 0) is 31.4 Å². The summed E-state index contributed by atoms with van der Waals surface area (Å²) < 4.78 is 0. The normalized spacial score (nSPS) is 27.2. The van der Waals surface area contributed by atoms with Crippen molar-refractivity contribution in [2.45, 2.75) is 19.3 Å². The van der Waals surface area contributed by atoms with Crippen molar-refractivity contribution in [2.75, 3.05) is 6.61 Å². The van der Waals surface area contributed by atoms with E-state index in [2.05, 4.69) is 10.2 Å². The highest BCUT2D eigenvalue weighted by atomic mass is 16.3. The number of rotatable bonds is 2. The second-order valence-electron chi connectivity index (χ2n) is 3.38. The monoisotopic (exact) mass is 164 g/mol. The van der Waals surface area contributed by atoms with Crippen molar-refractivity contribution < 1.29 is 5.11 Å². The van der Waals surface area contributed by atoms with Gasteiger partial charge in [-0.2, -0.15) is 10.2 Å². The molecular weight excluding hydrogens is 152 g/mol. The lowest BCUT2D eigenvalue weighted by Gasteiger charge is -1.96. The van der Waals surface area contributed by atoms with Crippen LogP contribution in [0.4, 0.5) is 0 Å². The maximum absolute atomic E-state index is 8.84. The predicted octanol–water partition coefficient (Wildman–Crippen LogP) is 0.881. The highest BCUT2D eigenvalue weighted by Gasteiger charge is 2.38. The molecule has 1 saturated carbocycles. The van der Waals surface area contributed by atoms with Gasteiger partial charge in [-0.1, -0.05) is 0 Å². The van der Waals surface area contributed by atoms with E-state index in [1.165, 1.54) is 0 Å². The van der Waals surface area contributed by atoms with Crippen LogP contribution in [0.15, 0.2) is 12.1 Å². The molecule has 1 aliphatic rings. The van der Waals surface area contributed by atoms with Crippen LogP contribution in [0, 0.1) is 12.8 Å². The summed E-state index contributed by atoms with van der Waals surface area (Å²) in [7, 11) is 0. The molecule has 64 valence electrons. The van der Waals surface area contributed by atoms with E-state index in [-0.39, 0.29) is 6.61 Å². The van der Waals surface area contributed by atoms with Gasteiger partial charge in [0.15, 0.2) is 0 Å². The van der Waals surface area contributed by atoms with Crippen molar-refractivity contribution >= 4 is 0 Å². The minimum atomic E-state index is 0.278. The Labute approximate surface area is 71.5 Å². The molecule has 0 aromatic carbocycles. The van der Waals surface area contributed by atoms with E-state index in [9.17, 15) is 0 Å². The molecule has 0 spiro atoms. The zero-order valence-electron chi connectivity index (χ0n) is 7.07. The van der Waals surface area contributed by atoms with E-state index in [1.54, 1.807) is 0 Å². The fraction of sp³-hybridized carbons (Fsp3) is 0.556. The van der Waals surface area contributed by atoms with Crippen LogP contribution in [0.5, 0.6) is 0 Å². The quantitative estimate of drug-likeness (QED) is 0.705. The first-order chi connectivity index (χ1) is 5.81. The first kappa shape index (κ1) is 7.68. The largest absolute Gasteiger partial charge is 0.396 e. The second kappa shape index (κ2) is 2.83. The Balaban J connectivity index is 2.10. The number of aliphatic hydroxyl groups excluding tert-OH is 1. The molecule has 2 rings (SSSR count). The lowest BCUT2D eigenvalue weighted by molar-refractivity contribution is 0.273. The first-order valence-corrected chi connectivity index (χ1v) is 4.22. The molecular formula is C9H12N2O. The van der Waals surface area contributed by atoms with Crippen molar-refractivity contribution in [3.05, 3.63) is 23.5 Å². The van der Waals surface area contributed by atoms with E-state index >= 15 is 0 Å². The van der Waals surface area contributed by atoms with Crippen molar-refractivity contribution in [3.63, 3.8) is 0 Å². The Morgan fingerprint density at radius 2 is 2.33 bits per heavy atom. The molecule has 0 aliphatic heterocycles. The van der Waals surface area contributed by atoms with Gasteiger partial charge in [0.1, 0.15) is 0 Å². The van der Waals surface area contributed by atoms with Crippen LogP contribution in [0.1, 0.15) is 23.7 Å². The van der Waals surface area contributed by atoms with Crippen LogP contribution in [-0.2, 0) is 0 Å². The van der Waals surface area contributed by atoms with E-state index in [0.29, 0.717) is 11.8 Å². The smallest absolute Gasteiger partial charge is 0.0665 e. The molecule has 1 N–H and O–H groups in total. The maximum Gasteiger partial charge on any atom is 0.0665 e. The molecule has 3 nitrogen and oxygen atoms in total. The number of aromatic nitrogens is 2. The van der Waals surface area contributed by atoms with Crippen molar-refractivity contribution in [1.82, 2.24) is 10.2 Å². The Bertz CT molecular complexity index is 270. The molecule has 1 aromatic rings. The van der Waals surface area contributed by atoms with Gasteiger partial charge in [-0.25, -0.2) is 0 Å². The standard InChI is InChI=1S/C9H12N2O/c1-6-2-3-9(11-10-6)8-4-7(8)5-12/h2-3,7-8,12H,4-5H2,1H3. The van der Waals surface area contributed by atoms with Crippen LogP contribution in [0.3, 0.4) is 0 Å². The van der Waals surface area contributed by atoms with Gasteiger partial charge in [0, 0.05) is 12.5 Å². The lowest BCUT2D eigenvalue weighted by atomic mass is 10.2. The summed E-state index contributed by atoms with van der Waals surface area (Å²) in [6, 6.07) is 3.97. The van der Waals surface area contributed by atoms with Gasteiger partial charge in [-0.15, -0.1) is 0 Å². The average molecular weight is 164 g/mol. The molecule has 0 saturated heterocycles. The Kier molecular flexibility index (Phi) is 1.81. The van der Waals surface area contributed by atoms with Gasteiger partial charge in [0.25, 0.3) is 0 Å². The van der Waals surface area contributed by atoms with Gasteiger partial charge in [0.2, 0.25) is 0 Å². The van der Waals surface area contributed by atoms with Crippen molar-refractivity contribution in [1.29, 1.82) is 0 Å². The third-order valence-corrected chi connectivity index (χ3v) is 2.36. The summed E-state index contributed by atoms with van der Waals surface area (Å²) in [5.74, 6) is 0.894. The molecule has 2 unspecified atom stereocenters. The molecule has 12 heavy (non-hydrogen) atoms. The van der Waals surface area contributed by atoms with Gasteiger partial charge in [-0.3, -0.25) is 0 Å². The highest BCUT2D eigenvalue weighted by Crippen LogP contribution is 2.45. The summed E-state index contributed by atoms with van der Waals surface area (Å²) in [5, 5.41) is 16.9. The number of nitrogens with zero attached hydrogens (tertiary/aromatic N) is 2. The number of aliphatic hydroxyl groups is 1. The van der Waals surface area contributed by atoms with E-state index in [1.807, 2.05) is 19.1 Å². The number of hydrogen-bond acceptors (Lipinski definition) is 3. The minimum absolute atomic E-state index is 0.278. The summed E-state index contributed by atoms with van der Waals surface area (Å²) in [6.07, 6.45) is 1.06. The molecule has 1 fully saturated rings. The average Bonchev–Trinajstić information content (AvgIpc) is 2.85. The van der Waals surface area contributed by atoms with E-state index in [4.69, 9.17) is 5.11 Å². The third kappa shape index (κ3) is 1.32. The predicted molar refractivity (Wildman–Crippen MR) is 44.7 cm³/mol. The molecule has 0 amide bonds. The second-order valence-corrected chi connectivity index (χ2v) is 3.38. The SMILES string of the molecule is Cc1ccc(C2CC2CO)nn1. The van der Waals surface area contributed by atoms with Crippen LogP contribution in [-0.4, -0.2) is 21.9 Å². The third-order valence-electron chi connectivity index (χ3n) is 2.36. The zero-order valence-corrected chi connectivity index (χ0v) is 7.07. The van der Waals surface area contributed by atoms with Crippen LogP contribution >= 0.6 is 0 Å². The number of aryl methyl sites for hydroxylation is 1. The fourth-order valence-electron chi connectivity index (χ4n) is 1.42. The van der Waals surface area contributed by atoms with Gasteiger partial charge < -0.3 is 5.11 Å². The zero-order chi connectivity index (χ0) is 8.55. The molecule has 0 radical (unpaired) electrons. The molecule has 3 heteroatoms. The van der Waals surface area contributed by atoms with Gasteiger partial charge >= 0.3 is 0 Å². The van der Waals surface area contributed by atoms with E-state index < -0.39 is 0 Å². The Morgan fingerprint density at radius 1 is 1.50 bits per heavy atom. The molecule has 2 atom stereocenters. The molecule has 0 bridgehead atoms. The lowest BCUT2D eigenvalue weighted by Crippen LogP contribution is -1.94. The van der Waals surface area contributed by atoms with Crippen LogP contribution in [0.25, 0.3) is 0 Å².